The first-order chi connectivity index (χ1) is 19.3. The number of hydrogen-bond donors (Lipinski definition) is 0. The second-order valence-corrected chi connectivity index (χ2v) is 12.3. The molecule has 0 unspecified atom stereocenters. The monoisotopic (exact) mass is 546 g/mol. The second kappa shape index (κ2) is 13.3. The van der Waals surface area contributed by atoms with E-state index in [-0.39, 0.29) is 0 Å². The zero-order valence-electron chi connectivity index (χ0n) is 21.6. The Balaban J connectivity index is 0.000000214. The lowest BCUT2D eigenvalue weighted by Crippen LogP contribution is -2.32. The molecule has 0 radical (unpaired) electrons. The normalized spacial score (nSPS) is 11.0. The van der Waals surface area contributed by atoms with Gasteiger partial charge in [0.25, 0.3) is 0 Å². The van der Waals surface area contributed by atoms with Gasteiger partial charge in [0.2, 0.25) is 7.49 Å². The summed E-state index contributed by atoms with van der Waals surface area (Å²) < 4.78 is 6.89. The highest BCUT2D eigenvalue weighted by molar-refractivity contribution is 7.91. The molecule has 192 valence electrons. The van der Waals surface area contributed by atoms with Crippen molar-refractivity contribution in [3.63, 3.8) is 0 Å². The lowest BCUT2D eigenvalue weighted by Gasteiger charge is -2.25. The molecule has 2 nitrogen and oxygen atoms in total. The molecule has 0 bridgehead atoms. The number of para-hydroxylation sites is 1. The average molecular weight is 547 g/mol. The highest BCUT2D eigenvalue weighted by atomic mass is 35.5. The SMILES string of the molecule is ClCc1ccc2ccccc2n1.c1ccc(CO[P+](c2ccccc2)(c2ccccc2)c2ccccc2)cc1. The van der Waals surface area contributed by atoms with E-state index < -0.39 is 7.49 Å². The maximum Gasteiger partial charge on any atom is 0.242 e. The number of alkyl halides is 1. The summed E-state index contributed by atoms with van der Waals surface area (Å²) in [5.74, 6) is 0.477. The Labute approximate surface area is 236 Å². The predicted molar refractivity (Wildman–Crippen MR) is 168 cm³/mol. The van der Waals surface area contributed by atoms with E-state index >= 15 is 0 Å². The molecular formula is C35H30ClNOP+. The van der Waals surface area contributed by atoms with Crippen LogP contribution in [0.5, 0.6) is 0 Å². The van der Waals surface area contributed by atoms with Crippen molar-refractivity contribution in [1.29, 1.82) is 0 Å². The number of halogens is 1. The molecule has 6 rings (SSSR count). The Hall–Kier alpha value is -3.81. The molecule has 0 amide bonds. The summed E-state index contributed by atoms with van der Waals surface area (Å²) in [6.07, 6.45) is 0. The fraction of sp³-hybridized carbons (Fsp3) is 0.0571. The van der Waals surface area contributed by atoms with Gasteiger partial charge in [0.05, 0.1) is 17.1 Å². The molecule has 4 heteroatoms. The van der Waals surface area contributed by atoms with Crippen LogP contribution < -0.4 is 15.9 Å². The van der Waals surface area contributed by atoms with Crippen molar-refractivity contribution in [3.05, 3.63) is 169 Å². The number of pyridine rings is 1. The molecule has 0 saturated carbocycles. The lowest BCUT2D eigenvalue weighted by atomic mass is 10.2. The van der Waals surface area contributed by atoms with Crippen LogP contribution in [-0.2, 0) is 17.0 Å². The molecule has 0 spiro atoms. The molecule has 0 aliphatic carbocycles. The third-order valence-electron chi connectivity index (χ3n) is 6.42. The van der Waals surface area contributed by atoms with Crippen molar-refractivity contribution < 1.29 is 4.52 Å². The Morgan fingerprint density at radius 1 is 0.513 bits per heavy atom. The topological polar surface area (TPSA) is 22.1 Å². The van der Waals surface area contributed by atoms with Crippen LogP contribution in [0.3, 0.4) is 0 Å². The minimum absolute atomic E-state index is 0.477. The van der Waals surface area contributed by atoms with Gasteiger partial charge in [-0.05, 0) is 54.1 Å². The molecule has 1 aromatic heterocycles. The number of hydrogen-bond acceptors (Lipinski definition) is 2. The fourth-order valence-electron chi connectivity index (χ4n) is 4.51. The summed E-state index contributed by atoms with van der Waals surface area (Å²) in [7, 11) is -2.22. The Bertz CT molecular complexity index is 1480. The third kappa shape index (κ3) is 6.44. The van der Waals surface area contributed by atoms with Crippen LogP contribution in [0.1, 0.15) is 11.3 Å². The van der Waals surface area contributed by atoms with E-state index in [0.717, 1.165) is 16.6 Å². The van der Waals surface area contributed by atoms with Crippen molar-refractivity contribution in [2.24, 2.45) is 0 Å². The van der Waals surface area contributed by atoms with Gasteiger partial charge in [-0.3, -0.25) is 4.98 Å². The first-order valence-corrected chi connectivity index (χ1v) is 15.2. The van der Waals surface area contributed by atoms with E-state index in [1.165, 1.54) is 21.5 Å². The van der Waals surface area contributed by atoms with Crippen molar-refractivity contribution in [2.75, 3.05) is 0 Å². The highest BCUT2D eigenvalue weighted by Gasteiger charge is 2.47. The van der Waals surface area contributed by atoms with Crippen molar-refractivity contribution in [2.45, 2.75) is 12.5 Å². The van der Waals surface area contributed by atoms with Gasteiger partial charge < -0.3 is 0 Å². The predicted octanol–water partition coefficient (Wildman–Crippen LogP) is 8.09. The number of benzene rings is 5. The first-order valence-electron chi connectivity index (χ1n) is 12.9. The average Bonchev–Trinajstić information content (AvgIpc) is 3.03. The number of aromatic nitrogens is 1. The molecular weight excluding hydrogens is 517 g/mol. The zero-order chi connectivity index (χ0) is 26.8. The minimum Gasteiger partial charge on any atom is -0.252 e. The molecule has 0 saturated heterocycles. The number of fused-ring (bicyclic) bond motifs is 1. The summed E-state index contributed by atoms with van der Waals surface area (Å²) in [5, 5.41) is 4.86. The molecule has 6 aromatic rings. The number of rotatable bonds is 7. The first kappa shape index (κ1) is 26.8. The molecule has 0 aliphatic rings. The summed E-state index contributed by atoms with van der Waals surface area (Å²) in [5.41, 5.74) is 3.12. The molecule has 0 fully saturated rings. The van der Waals surface area contributed by atoms with E-state index in [2.05, 4.69) is 120 Å². The smallest absolute Gasteiger partial charge is 0.242 e. The van der Waals surface area contributed by atoms with Gasteiger partial charge in [0.15, 0.2) is 0 Å². The Morgan fingerprint density at radius 2 is 0.974 bits per heavy atom. The number of nitrogens with zero attached hydrogens (tertiary/aromatic N) is 1. The molecule has 1 heterocycles. The third-order valence-corrected chi connectivity index (χ3v) is 10.3. The molecule has 5 aromatic carbocycles. The maximum absolute atomic E-state index is 6.89. The van der Waals surface area contributed by atoms with Crippen LogP contribution in [0.15, 0.2) is 158 Å². The van der Waals surface area contributed by atoms with Crippen molar-refractivity contribution in [3.8, 4) is 0 Å². The molecule has 0 aliphatic heterocycles. The van der Waals surface area contributed by atoms with E-state index in [1.807, 2.05) is 42.5 Å². The largest absolute Gasteiger partial charge is 0.252 e. The van der Waals surface area contributed by atoms with Crippen LogP contribution in [0, 0.1) is 0 Å². The highest BCUT2D eigenvalue weighted by Crippen LogP contribution is 2.56. The molecule has 0 atom stereocenters. The van der Waals surface area contributed by atoms with Gasteiger partial charge in [-0.1, -0.05) is 109 Å². The van der Waals surface area contributed by atoms with Crippen LogP contribution in [-0.4, -0.2) is 4.98 Å². The van der Waals surface area contributed by atoms with E-state index in [1.54, 1.807) is 0 Å². The van der Waals surface area contributed by atoms with Crippen molar-refractivity contribution >= 4 is 45.9 Å². The quantitative estimate of drug-likeness (QED) is 0.149. The fourth-order valence-corrected chi connectivity index (χ4v) is 8.12. The van der Waals surface area contributed by atoms with Crippen LogP contribution in [0.2, 0.25) is 0 Å². The second-order valence-electron chi connectivity index (χ2n) is 9.00. The summed E-state index contributed by atoms with van der Waals surface area (Å²) in [6, 6.07) is 54.4. The summed E-state index contributed by atoms with van der Waals surface area (Å²) >= 11 is 5.66. The molecule has 39 heavy (non-hydrogen) atoms. The van der Waals surface area contributed by atoms with E-state index in [0.29, 0.717) is 12.5 Å². The van der Waals surface area contributed by atoms with E-state index in [9.17, 15) is 0 Å². The van der Waals surface area contributed by atoms with Crippen LogP contribution >= 0.6 is 19.1 Å². The van der Waals surface area contributed by atoms with Crippen molar-refractivity contribution in [1.82, 2.24) is 4.98 Å². The van der Waals surface area contributed by atoms with Gasteiger partial charge in [0, 0.05) is 5.39 Å². The van der Waals surface area contributed by atoms with Gasteiger partial charge >= 0.3 is 0 Å². The van der Waals surface area contributed by atoms with Gasteiger partial charge in [-0.25, -0.2) is 4.52 Å². The van der Waals surface area contributed by atoms with E-state index in [4.69, 9.17) is 16.1 Å². The van der Waals surface area contributed by atoms with Crippen LogP contribution in [0.25, 0.3) is 10.9 Å². The van der Waals surface area contributed by atoms with Gasteiger partial charge in [0.1, 0.15) is 22.5 Å². The van der Waals surface area contributed by atoms with Crippen LogP contribution in [0.4, 0.5) is 0 Å². The van der Waals surface area contributed by atoms with Gasteiger partial charge in [-0.15, -0.1) is 11.6 Å². The molecule has 0 N–H and O–H groups in total. The maximum atomic E-state index is 6.89. The van der Waals surface area contributed by atoms with Gasteiger partial charge in [-0.2, -0.15) is 0 Å². The Morgan fingerprint density at radius 3 is 1.49 bits per heavy atom. The Kier molecular flexibility index (Phi) is 9.14. The zero-order valence-corrected chi connectivity index (χ0v) is 23.3. The lowest BCUT2D eigenvalue weighted by molar-refractivity contribution is 0.344. The minimum atomic E-state index is -2.22. The summed E-state index contributed by atoms with van der Waals surface area (Å²) in [4.78, 5) is 4.36. The standard InChI is InChI=1S/C25H22OP.C10H8ClN/c1-5-13-22(14-6-1)21-26-27(23-15-7-2-8-16-23,24-17-9-3-10-18-24)25-19-11-4-12-20-25;11-7-9-6-5-8-3-1-2-4-10(8)12-9/h1-20H,21H2;1-6H,7H2/q+1;. The summed E-state index contributed by atoms with van der Waals surface area (Å²) in [6.45, 7) is 0.577.